The minimum atomic E-state index is -3.77. The lowest BCUT2D eigenvalue weighted by atomic mass is 10.1. The molecule has 0 saturated carbocycles. The summed E-state index contributed by atoms with van der Waals surface area (Å²) in [6.07, 6.45) is 0.282. The van der Waals surface area contributed by atoms with Crippen LogP contribution >= 0.6 is 0 Å². The van der Waals surface area contributed by atoms with Gasteiger partial charge in [0.15, 0.2) is 0 Å². The van der Waals surface area contributed by atoms with Crippen LogP contribution in [-0.2, 0) is 19.6 Å². The number of carbonyl (C=O) groups is 2. The molecule has 0 saturated heterocycles. The summed E-state index contributed by atoms with van der Waals surface area (Å²) in [5.41, 5.74) is 0.500. The van der Waals surface area contributed by atoms with Gasteiger partial charge >= 0.3 is 5.97 Å². The third-order valence-electron chi connectivity index (χ3n) is 4.27. The number of hydrogen-bond acceptors (Lipinski definition) is 4. The predicted octanol–water partition coefficient (Wildman–Crippen LogP) is 1.67. The lowest BCUT2D eigenvalue weighted by Crippen LogP contribution is -2.40. The standard InChI is InChI=1S/C17H18N2O5S/c1-18(10-4-9-16(21)22)15(20)11-19-13-7-2-5-12-6-3-8-14(17(12)13)25(19,23)24/h2-3,5-8H,4,9-11H2,1H3,(H,21,22). The number of aliphatic carboxylic acids is 1. The van der Waals surface area contributed by atoms with E-state index in [1.807, 2.05) is 12.1 Å². The summed E-state index contributed by atoms with van der Waals surface area (Å²) >= 11 is 0. The Morgan fingerprint density at radius 3 is 2.52 bits per heavy atom. The zero-order valence-electron chi connectivity index (χ0n) is 13.7. The molecular formula is C17H18N2O5S. The molecule has 0 fully saturated rings. The van der Waals surface area contributed by atoms with Crippen molar-refractivity contribution in [1.82, 2.24) is 4.90 Å². The minimum absolute atomic E-state index is 0.0373. The summed E-state index contributed by atoms with van der Waals surface area (Å²) in [5, 5.41) is 10.1. The molecule has 0 atom stereocenters. The molecule has 2 aromatic carbocycles. The maximum Gasteiger partial charge on any atom is 0.303 e. The number of amides is 1. The molecule has 2 aromatic rings. The molecule has 0 unspecified atom stereocenters. The SMILES string of the molecule is CN(CCCC(=O)O)C(=O)CN1c2cccc3cccc(c23)S1(=O)=O. The summed E-state index contributed by atoms with van der Waals surface area (Å²) < 4.78 is 26.7. The first kappa shape index (κ1) is 17.2. The van der Waals surface area contributed by atoms with Gasteiger partial charge in [0.25, 0.3) is 10.0 Å². The number of rotatable bonds is 6. The van der Waals surface area contributed by atoms with Gasteiger partial charge in [0.05, 0.1) is 10.6 Å². The number of benzene rings is 2. The fourth-order valence-electron chi connectivity index (χ4n) is 2.96. The Balaban J connectivity index is 1.83. The fourth-order valence-corrected chi connectivity index (χ4v) is 4.62. The van der Waals surface area contributed by atoms with Crippen molar-refractivity contribution >= 4 is 38.4 Å². The van der Waals surface area contributed by atoms with Gasteiger partial charge in [-0.2, -0.15) is 0 Å². The van der Waals surface area contributed by atoms with E-state index in [4.69, 9.17) is 5.11 Å². The number of carbonyl (C=O) groups excluding carboxylic acids is 1. The van der Waals surface area contributed by atoms with Gasteiger partial charge in [-0.1, -0.05) is 24.3 Å². The van der Waals surface area contributed by atoms with Gasteiger partial charge in [-0.3, -0.25) is 13.9 Å². The number of anilines is 1. The fraction of sp³-hybridized carbons (Fsp3) is 0.294. The van der Waals surface area contributed by atoms with E-state index >= 15 is 0 Å². The highest BCUT2D eigenvalue weighted by molar-refractivity contribution is 7.93. The highest BCUT2D eigenvalue weighted by atomic mass is 32.2. The second kappa shape index (κ2) is 6.36. The molecule has 3 rings (SSSR count). The van der Waals surface area contributed by atoms with E-state index in [0.29, 0.717) is 17.5 Å². The largest absolute Gasteiger partial charge is 0.481 e. The smallest absolute Gasteiger partial charge is 0.303 e. The molecule has 1 N–H and O–H groups in total. The van der Waals surface area contributed by atoms with Gasteiger partial charge in [-0.15, -0.1) is 0 Å². The second-order valence-corrected chi connectivity index (χ2v) is 7.79. The molecule has 0 bridgehead atoms. The van der Waals surface area contributed by atoms with Crippen LogP contribution in [0, 0.1) is 0 Å². The Morgan fingerprint density at radius 2 is 1.84 bits per heavy atom. The van der Waals surface area contributed by atoms with Crippen molar-refractivity contribution in [3.05, 3.63) is 36.4 Å². The van der Waals surface area contributed by atoms with Crippen molar-refractivity contribution in [2.75, 3.05) is 24.4 Å². The average molecular weight is 362 g/mol. The monoisotopic (exact) mass is 362 g/mol. The number of carboxylic acids is 1. The van der Waals surface area contributed by atoms with Crippen LogP contribution < -0.4 is 4.31 Å². The van der Waals surface area contributed by atoms with E-state index < -0.39 is 16.0 Å². The van der Waals surface area contributed by atoms with Crippen LogP contribution in [0.15, 0.2) is 41.3 Å². The maximum atomic E-state index is 12.8. The molecule has 1 aliphatic heterocycles. The summed E-state index contributed by atoms with van der Waals surface area (Å²) in [7, 11) is -2.23. The third-order valence-corrected chi connectivity index (χ3v) is 6.07. The number of nitrogens with zero attached hydrogens (tertiary/aromatic N) is 2. The number of hydrogen-bond donors (Lipinski definition) is 1. The van der Waals surface area contributed by atoms with Gasteiger partial charge in [-0.25, -0.2) is 8.42 Å². The van der Waals surface area contributed by atoms with Crippen LogP contribution in [0.25, 0.3) is 10.8 Å². The normalized spacial score (nSPS) is 14.7. The van der Waals surface area contributed by atoms with E-state index in [9.17, 15) is 18.0 Å². The molecule has 0 aliphatic carbocycles. The Labute approximate surface area is 145 Å². The van der Waals surface area contributed by atoms with E-state index in [1.165, 1.54) is 4.90 Å². The van der Waals surface area contributed by atoms with Crippen LogP contribution in [0.1, 0.15) is 12.8 Å². The van der Waals surface area contributed by atoms with E-state index in [1.54, 1.807) is 31.3 Å². The Bertz CT molecular complexity index is 949. The number of carboxylic acid groups (broad SMARTS) is 1. The van der Waals surface area contributed by atoms with Gasteiger partial charge in [0.2, 0.25) is 5.91 Å². The molecule has 0 aromatic heterocycles. The quantitative estimate of drug-likeness (QED) is 0.843. The maximum absolute atomic E-state index is 12.8. The first-order chi connectivity index (χ1) is 11.8. The molecule has 1 aliphatic rings. The van der Waals surface area contributed by atoms with Crippen molar-refractivity contribution in [2.24, 2.45) is 0 Å². The molecular weight excluding hydrogens is 344 g/mol. The minimum Gasteiger partial charge on any atom is -0.481 e. The predicted molar refractivity (Wildman–Crippen MR) is 93.0 cm³/mol. The first-order valence-electron chi connectivity index (χ1n) is 7.82. The van der Waals surface area contributed by atoms with Gasteiger partial charge in [-0.05, 0) is 23.9 Å². The topological polar surface area (TPSA) is 95.0 Å². The lowest BCUT2D eigenvalue weighted by Gasteiger charge is -2.22. The van der Waals surface area contributed by atoms with Crippen LogP contribution in [0.4, 0.5) is 5.69 Å². The Hall–Kier alpha value is -2.61. The summed E-state index contributed by atoms with van der Waals surface area (Å²) in [6, 6.07) is 10.3. The molecule has 1 heterocycles. The second-order valence-electron chi connectivity index (χ2n) is 5.96. The summed E-state index contributed by atoms with van der Waals surface area (Å²) in [5.74, 6) is -1.30. The van der Waals surface area contributed by atoms with E-state index in [2.05, 4.69) is 0 Å². The molecule has 0 radical (unpaired) electrons. The zero-order valence-corrected chi connectivity index (χ0v) is 14.5. The number of likely N-dealkylation sites (N-methyl/N-ethyl adjacent to an activating group) is 1. The van der Waals surface area contributed by atoms with Crippen LogP contribution in [-0.4, -0.2) is 50.4 Å². The van der Waals surface area contributed by atoms with Gasteiger partial charge in [0.1, 0.15) is 6.54 Å². The summed E-state index contributed by atoms with van der Waals surface area (Å²) in [6.45, 7) is -0.0458. The van der Waals surface area contributed by atoms with E-state index in [0.717, 1.165) is 9.69 Å². The lowest BCUT2D eigenvalue weighted by molar-refractivity contribution is -0.137. The van der Waals surface area contributed by atoms with Crippen molar-refractivity contribution in [3.63, 3.8) is 0 Å². The molecule has 0 spiro atoms. The van der Waals surface area contributed by atoms with Crippen molar-refractivity contribution in [2.45, 2.75) is 17.7 Å². The molecule has 1 amide bonds. The molecule has 7 nitrogen and oxygen atoms in total. The first-order valence-corrected chi connectivity index (χ1v) is 9.26. The van der Waals surface area contributed by atoms with Crippen molar-refractivity contribution in [3.8, 4) is 0 Å². The van der Waals surface area contributed by atoms with Crippen molar-refractivity contribution < 1.29 is 23.1 Å². The Kier molecular flexibility index (Phi) is 4.38. The molecule has 8 heteroatoms. The van der Waals surface area contributed by atoms with Gasteiger partial charge in [0, 0.05) is 25.4 Å². The van der Waals surface area contributed by atoms with Crippen LogP contribution in [0.2, 0.25) is 0 Å². The zero-order chi connectivity index (χ0) is 18.2. The van der Waals surface area contributed by atoms with Crippen LogP contribution in [0.3, 0.4) is 0 Å². The third kappa shape index (κ3) is 3.05. The molecule has 25 heavy (non-hydrogen) atoms. The summed E-state index contributed by atoms with van der Waals surface area (Å²) in [4.78, 5) is 24.5. The van der Waals surface area contributed by atoms with Gasteiger partial charge < -0.3 is 10.0 Å². The highest BCUT2D eigenvalue weighted by Gasteiger charge is 2.36. The van der Waals surface area contributed by atoms with Crippen LogP contribution in [0.5, 0.6) is 0 Å². The van der Waals surface area contributed by atoms with E-state index in [-0.39, 0.29) is 30.3 Å². The number of sulfonamides is 1. The average Bonchev–Trinajstić information content (AvgIpc) is 2.78. The van der Waals surface area contributed by atoms with Crippen molar-refractivity contribution in [1.29, 1.82) is 0 Å². The molecule has 132 valence electrons. The Morgan fingerprint density at radius 1 is 1.16 bits per heavy atom. The highest BCUT2D eigenvalue weighted by Crippen LogP contribution is 2.41.